The summed E-state index contributed by atoms with van der Waals surface area (Å²) in [6.07, 6.45) is -1.78. The number of unbranched alkanes of at least 4 members (excludes halogenated alkanes) is 1. The minimum Gasteiger partial charge on any atom is -0.406 e. The Balaban J connectivity index is 1.64. The molecule has 3 rings (SSSR count). The van der Waals surface area contributed by atoms with Crippen molar-refractivity contribution in [1.29, 1.82) is 0 Å². The molecule has 0 atom stereocenters. The normalized spacial score (nSPS) is 11.1. The Morgan fingerprint density at radius 1 is 0.903 bits per heavy atom. The highest BCUT2D eigenvalue weighted by Gasteiger charge is 2.31. The number of nitrogens with one attached hydrogen (secondary N) is 1. The third kappa shape index (κ3) is 7.02. The van der Waals surface area contributed by atoms with E-state index in [1.165, 1.54) is 29.8 Å². The standard InChI is InChI=1S/C23H21F3N2O3/c24-23(25,26)30-20-12-9-18(10-13-20)21-16-19(11-14-22(21)31-28-29)27-15-5-4-8-17-6-2-1-3-7-17/h1-3,6-7,9-14,16,27H,4-5,8,15H2. The van der Waals surface area contributed by atoms with Crippen molar-refractivity contribution in [3.8, 4) is 22.6 Å². The molecular formula is C23H21F3N2O3. The zero-order chi connectivity index (χ0) is 22.1. The number of anilines is 1. The van der Waals surface area contributed by atoms with Gasteiger partial charge in [0, 0.05) is 17.8 Å². The van der Waals surface area contributed by atoms with E-state index in [0.29, 0.717) is 11.1 Å². The molecule has 8 heteroatoms. The maximum absolute atomic E-state index is 12.4. The molecule has 0 aliphatic carbocycles. The summed E-state index contributed by atoms with van der Waals surface area (Å²) in [5, 5.41) is 5.77. The second-order valence-electron chi connectivity index (χ2n) is 6.82. The molecule has 0 saturated heterocycles. The number of halogens is 3. The minimum atomic E-state index is -4.76. The highest BCUT2D eigenvalue weighted by molar-refractivity contribution is 5.75. The van der Waals surface area contributed by atoms with Gasteiger partial charge in [-0.05, 0) is 60.7 Å². The van der Waals surface area contributed by atoms with Crippen LogP contribution in [-0.2, 0) is 6.42 Å². The van der Waals surface area contributed by atoms with E-state index in [-0.39, 0.29) is 11.5 Å². The highest BCUT2D eigenvalue weighted by Crippen LogP contribution is 2.34. The Bertz CT molecular complexity index is 978. The number of hydrogen-bond donors (Lipinski definition) is 1. The highest BCUT2D eigenvalue weighted by atomic mass is 19.4. The number of hydrogen-bond acceptors (Lipinski definition) is 5. The summed E-state index contributed by atoms with van der Waals surface area (Å²) in [4.78, 5) is 15.4. The number of benzene rings is 3. The van der Waals surface area contributed by atoms with Crippen LogP contribution >= 0.6 is 0 Å². The molecule has 0 bridgehead atoms. The molecule has 0 aliphatic rings. The summed E-state index contributed by atoms with van der Waals surface area (Å²) in [6, 6.07) is 20.7. The summed E-state index contributed by atoms with van der Waals surface area (Å²) in [5.41, 5.74) is 3.17. The maximum atomic E-state index is 12.4. The van der Waals surface area contributed by atoms with E-state index in [1.807, 2.05) is 18.2 Å². The smallest absolute Gasteiger partial charge is 0.406 e. The fraction of sp³-hybridized carbons (Fsp3) is 0.217. The molecule has 5 nitrogen and oxygen atoms in total. The van der Waals surface area contributed by atoms with Crippen LogP contribution in [0.25, 0.3) is 11.1 Å². The molecule has 162 valence electrons. The van der Waals surface area contributed by atoms with Gasteiger partial charge in [-0.15, -0.1) is 18.1 Å². The molecule has 0 unspecified atom stereocenters. The summed E-state index contributed by atoms with van der Waals surface area (Å²) in [5.74, 6) is -0.131. The molecule has 3 aromatic carbocycles. The average molecular weight is 430 g/mol. The van der Waals surface area contributed by atoms with Crippen LogP contribution in [0.1, 0.15) is 18.4 Å². The van der Waals surface area contributed by atoms with Crippen LogP contribution in [0.3, 0.4) is 0 Å². The third-order valence-corrected chi connectivity index (χ3v) is 4.58. The maximum Gasteiger partial charge on any atom is 0.573 e. The Kier molecular flexibility index (Phi) is 7.48. The number of rotatable bonds is 10. The fourth-order valence-corrected chi connectivity index (χ4v) is 3.15. The summed E-state index contributed by atoms with van der Waals surface area (Å²) in [7, 11) is 0. The van der Waals surface area contributed by atoms with Gasteiger partial charge >= 0.3 is 6.36 Å². The predicted octanol–water partition coefficient (Wildman–Crippen LogP) is 6.75. The third-order valence-electron chi connectivity index (χ3n) is 4.58. The van der Waals surface area contributed by atoms with Gasteiger partial charge in [0.05, 0.1) is 0 Å². The molecule has 0 saturated carbocycles. The molecule has 0 amide bonds. The predicted molar refractivity (Wildman–Crippen MR) is 113 cm³/mol. The summed E-state index contributed by atoms with van der Waals surface area (Å²) >= 11 is 0. The lowest BCUT2D eigenvalue weighted by Gasteiger charge is -2.12. The molecule has 0 spiro atoms. The van der Waals surface area contributed by atoms with E-state index in [2.05, 4.69) is 27.5 Å². The Labute approximate surface area is 177 Å². The van der Waals surface area contributed by atoms with Crippen LogP contribution in [-0.4, -0.2) is 12.9 Å². The Morgan fingerprint density at radius 3 is 2.32 bits per heavy atom. The van der Waals surface area contributed by atoms with Gasteiger partial charge in [0.2, 0.25) is 0 Å². The molecule has 3 aromatic rings. The fourth-order valence-electron chi connectivity index (χ4n) is 3.15. The number of alkyl halides is 3. The first kappa shape index (κ1) is 22.1. The Hall–Kier alpha value is -3.55. The van der Waals surface area contributed by atoms with Gasteiger partial charge in [-0.3, -0.25) is 0 Å². The van der Waals surface area contributed by atoms with Gasteiger partial charge in [-0.1, -0.05) is 42.5 Å². The average Bonchev–Trinajstić information content (AvgIpc) is 2.75. The second kappa shape index (κ2) is 10.5. The molecule has 0 radical (unpaired) electrons. The SMILES string of the molecule is O=NOc1ccc(NCCCCc2ccccc2)cc1-c1ccc(OC(F)(F)F)cc1. The van der Waals surface area contributed by atoms with E-state index >= 15 is 0 Å². The lowest BCUT2D eigenvalue weighted by atomic mass is 10.0. The first-order valence-corrected chi connectivity index (χ1v) is 9.72. The van der Waals surface area contributed by atoms with E-state index in [9.17, 15) is 18.1 Å². The van der Waals surface area contributed by atoms with Gasteiger partial charge < -0.3 is 14.9 Å². The number of nitrogens with zero attached hydrogens (tertiary/aromatic N) is 1. The van der Waals surface area contributed by atoms with Crippen molar-refractivity contribution in [3.63, 3.8) is 0 Å². The Morgan fingerprint density at radius 2 is 1.65 bits per heavy atom. The van der Waals surface area contributed by atoms with E-state index in [0.717, 1.165) is 31.5 Å². The van der Waals surface area contributed by atoms with Crippen LogP contribution in [0.4, 0.5) is 18.9 Å². The van der Waals surface area contributed by atoms with E-state index in [4.69, 9.17) is 4.84 Å². The van der Waals surface area contributed by atoms with Crippen LogP contribution in [0.5, 0.6) is 11.5 Å². The van der Waals surface area contributed by atoms with Crippen LogP contribution in [0.2, 0.25) is 0 Å². The van der Waals surface area contributed by atoms with Crippen molar-refractivity contribution in [3.05, 3.63) is 83.3 Å². The van der Waals surface area contributed by atoms with Gasteiger partial charge in [-0.25, -0.2) is 0 Å². The molecule has 31 heavy (non-hydrogen) atoms. The topological polar surface area (TPSA) is 59.9 Å². The first-order chi connectivity index (χ1) is 14.9. The van der Waals surface area contributed by atoms with Gasteiger partial charge in [0.1, 0.15) is 5.75 Å². The molecule has 0 fully saturated rings. The van der Waals surface area contributed by atoms with Crippen LogP contribution in [0, 0.1) is 4.91 Å². The molecule has 0 heterocycles. The van der Waals surface area contributed by atoms with Crippen molar-refractivity contribution in [2.45, 2.75) is 25.6 Å². The zero-order valence-electron chi connectivity index (χ0n) is 16.6. The number of ether oxygens (including phenoxy) is 1. The largest absolute Gasteiger partial charge is 0.573 e. The quantitative estimate of drug-likeness (QED) is 0.220. The van der Waals surface area contributed by atoms with Crippen molar-refractivity contribution in [2.24, 2.45) is 5.34 Å². The summed E-state index contributed by atoms with van der Waals surface area (Å²) < 4.78 is 41.0. The second-order valence-corrected chi connectivity index (χ2v) is 6.82. The van der Waals surface area contributed by atoms with E-state index in [1.54, 1.807) is 18.2 Å². The van der Waals surface area contributed by atoms with Gasteiger partial charge in [0.15, 0.2) is 11.1 Å². The van der Waals surface area contributed by atoms with Gasteiger partial charge in [0.25, 0.3) is 0 Å². The number of aryl methyl sites for hydroxylation is 1. The van der Waals surface area contributed by atoms with Crippen molar-refractivity contribution in [1.82, 2.24) is 0 Å². The first-order valence-electron chi connectivity index (χ1n) is 9.72. The monoisotopic (exact) mass is 430 g/mol. The molecular weight excluding hydrogens is 409 g/mol. The lowest BCUT2D eigenvalue weighted by Crippen LogP contribution is -2.16. The minimum absolute atomic E-state index is 0.203. The van der Waals surface area contributed by atoms with Gasteiger partial charge in [-0.2, -0.15) is 0 Å². The van der Waals surface area contributed by atoms with Crippen LogP contribution in [0.15, 0.2) is 78.1 Å². The lowest BCUT2D eigenvalue weighted by molar-refractivity contribution is -0.274. The van der Waals surface area contributed by atoms with E-state index < -0.39 is 6.36 Å². The van der Waals surface area contributed by atoms with Crippen LogP contribution < -0.4 is 14.9 Å². The van der Waals surface area contributed by atoms with Crippen molar-refractivity contribution >= 4 is 5.69 Å². The molecule has 1 N–H and O–H groups in total. The molecule has 0 aliphatic heterocycles. The molecule has 0 aromatic heterocycles. The van der Waals surface area contributed by atoms with Crippen molar-refractivity contribution in [2.75, 3.05) is 11.9 Å². The van der Waals surface area contributed by atoms with Crippen molar-refractivity contribution < 1.29 is 22.7 Å². The summed E-state index contributed by atoms with van der Waals surface area (Å²) in [6.45, 7) is 0.747. The zero-order valence-corrected chi connectivity index (χ0v) is 16.6.